The number of aliphatic hydroxyl groups is 1. The Hall–Kier alpha value is -0.960. The molecule has 0 heterocycles. The molecule has 0 aromatic carbocycles. The van der Waals surface area contributed by atoms with Crippen molar-refractivity contribution < 1.29 is 14.7 Å². The van der Waals surface area contributed by atoms with Gasteiger partial charge in [0.15, 0.2) is 0 Å². The van der Waals surface area contributed by atoms with E-state index in [0.717, 1.165) is 51.2 Å². The number of Topliss-reactive ketones (excluding diaryl/α,β-unsaturated/α-hetero) is 1. The molecule has 0 radical (unpaired) electrons. The molecule has 32 heavy (non-hydrogen) atoms. The highest BCUT2D eigenvalue weighted by molar-refractivity contribution is 5.85. The van der Waals surface area contributed by atoms with Crippen LogP contribution in [-0.2, 0) is 9.59 Å². The Kier molecular flexibility index (Phi) is 4.85. The molecule has 1 N–H and O–H groups in total. The smallest absolute Gasteiger partial charge is 0.137 e. The SMILES string of the molecule is CC1(C)CC[C@H]2C(=O)C[C@]3(C)C(=CC[C@@H]4[C@@]5(C)CC[C@H](O)[C@@](C)(C=O)[C@@H]5CC[C@]43C)[C@@H]2C1. The van der Waals surface area contributed by atoms with E-state index in [0.29, 0.717) is 35.9 Å². The predicted molar refractivity (Wildman–Crippen MR) is 127 cm³/mol. The lowest BCUT2D eigenvalue weighted by Gasteiger charge is -2.70. The largest absolute Gasteiger partial charge is 0.392 e. The fraction of sp³-hybridized carbons (Fsp3) is 0.862. The summed E-state index contributed by atoms with van der Waals surface area (Å²) in [5, 5.41) is 10.8. The minimum absolute atomic E-state index is 0.0265. The van der Waals surface area contributed by atoms with E-state index in [-0.39, 0.29) is 28.1 Å². The molecule has 0 aliphatic heterocycles. The van der Waals surface area contributed by atoms with Crippen LogP contribution in [0.1, 0.15) is 99.3 Å². The second-order valence-electron chi connectivity index (χ2n) is 14.1. The Bertz CT molecular complexity index is 872. The van der Waals surface area contributed by atoms with E-state index < -0.39 is 11.5 Å². The Balaban J connectivity index is 1.59. The summed E-state index contributed by atoms with van der Waals surface area (Å²) < 4.78 is 0. The molecule has 0 aromatic heterocycles. The van der Waals surface area contributed by atoms with Gasteiger partial charge in [0.05, 0.1) is 11.5 Å². The van der Waals surface area contributed by atoms with E-state index in [1.165, 1.54) is 0 Å². The van der Waals surface area contributed by atoms with Crippen LogP contribution < -0.4 is 0 Å². The molecule has 5 aliphatic carbocycles. The quantitative estimate of drug-likeness (QED) is 0.394. The highest BCUT2D eigenvalue weighted by Crippen LogP contribution is 2.73. The predicted octanol–water partition coefficient (Wildman–Crippen LogP) is 6.14. The number of fused-ring (bicyclic) bond motifs is 7. The molecular weight excluding hydrogens is 396 g/mol. The maximum Gasteiger partial charge on any atom is 0.137 e. The van der Waals surface area contributed by atoms with Gasteiger partial charge in [-0.05, 0) is 85.4 Å². The third-order valence-corrected chi connectivity index (χ3v) is 12.2. The number of allylic oxidation sites excluding steroid dienone is 2. The molecule has 4 saturated carbocycles. The van der Waals surface area contributed by atoms with Gasteiger partial charge >= 0.3 is 0 Å². The van der Waals surface area contributed by atoms with Gasteiger partial charge in [-0.2, -0.15) is 0 Å². The molecule has 0 bridgehead atoms. The number of carbonyl (C=O) groups is 2. The van der Waals surface area contributed by atoms with Gasteiger partial charge < -0.3 is 9.90 Å². The molecule has 0 amide bonds. The minimum atomic E-state index is -0.653. The van der Waals surface area contributed by atoms with Gasteiger partial charge in [0.1, 0.15) is 12.1 Å². The molecule has 3 heteroatoms. The summed E-state index contributed by atoms with van der Waals surface area (Å²) in [6.07, 6.45) is 11.9. The Morgan fingerprint density at radius 2 is 1.66 bits per heavy atom. The second-order valence-corrected chi connectivity index (χ2v) is 14.1. The van der Waals surface area contributed by atoms with Crippen molar-refractivity contribution >= 4 is 12.1 Å². The summed E-state index contributed by atoms with van der Waals surface area (Å²) >= 11 is 0. The summed E-state index contributed by atoms with van der Waals surface area (Å²) in [6.45, 7) is 14.1. The van der Waals surface area contributed by atoms with Crippen molar-refractivity contribution in [3.05, 3.63) is 11.6 Å². The molecule has 178 valence electrons. The Labute approximate surface area is 194 Å². The zero-order valence-corrected chi connectivity index (χ0v) is 21.2. The third-order valence-electron chi connectivity index (χ3n) is 12.2. The fourth-order valence-electron chi connectivity index (χ4n) is 10.1. The van der Waals surface area contributed by atoms with Crippen LogP contribution >= 0.6 is 0 Å². The first-order chi connectivity index (χ1) is 14.8. The van der Waals surface area contributed by atoms with Crippen LogP contribution in [-0.4, -0.2) is 23.3 Å². The third kappa shape index (κ3) is 2.70. The van der Waals surface area contributed by atoms with Gasteiger partial charge in [0, 0.05) is 17.8 Å². The number of hydrogen-bond donors (Lipinski definition) is 1. The van der Waals surface area contributed by atoms with Crippen LogP contribution in [0.15, 0.2) is 11.6 Å². The van der Waals surface area contributed by atoms with Crippen LogP contribution in [0.3, 0.4) is 0 Å². The van der Waals surface area contributed by atoms with Gasteiger partial charge in [0.2, 0.25) is 0 Å². The Morgan fingerprint density at radius 3 is 2.34 bits per heavy atom. The van der Waals surface area contributed by atoms with Gasteiger partial charge in [-0.25, -0.2) is 0 Å². The summed E-state index contributed by atoms with van der Waals surface area (Å²) in [7, 11) is 0. The van der Waals surface area contributed by atoms with Crippen molar-refractivity contribution in [1.29, 1.82) is 0 Å². The molecule has 4 fully saturated rings. The normalized spacial score (nSPS) is 54.4. The number of rotatable bonds is 1. The summed E-state index contributed by atoms with van der Waals surface area (Å²) in [5.41, 5.74) is 1.27. The van der Waals surface area contributed by atoms with Gasteiger partial charge in [-0.15, -0.1) is 0 Å². The van der Waals surface area contributed by atoms with Crippen LogP contribution in [0, 0.1) is 50.7 Å². The lowest BCUT2D eigenvalue weighted by Crippen LogP contribution is -2.65. The van der Waals surface area contributed by atoms with Crippen LogP contribution in [0.2, 0.25) is 0 Å². The van der Waals surface area contributed by atoms with Crippen LogP contribution in [0.25, 0.3) is 0 Å². The molecule has 5 rings (SSSR count). The van der Waals surface area contributed by atoms with Crippen LogP contribution in [0.4, 0.5) is 0 Å². The molecule has 3 nitrogen and oxygen atoms in total. The molecule has 0 unspecified atom stereocenters. The second kappa shape index (κ2) is 6.80. The molecular formula is C29H44O3. The minimum Gasteiger partial charge on any atom is -0.392 e. The van der Waals surface area contributed by atoms with E-state index >= 15 is 0 Å². The fourth-order valence-corrected chi connectivity index (χ4v) is 10.1. The topological polar surface area (TPSA) is 54.4 Å². The summed E-state index contributed by atoms with van der Waals surface area (Å²) in [4.78, 5) is 25.8. The maximum atomic E-state index is 13.6. The van der Waals surface area contributed by atoms with Gasteiger partial charge in [0.25, 0.3) is 0 Å². The zero-order chi connectivity index (χ0) is 23.3. The first-order valence-electron chi connectivity index (χ1n) is 13.2. The average molecular weight is 441 g/mol. The van der Waals surface area contributed by atoms with Gasteiger partial charge in [-0.1, -0.05) is 53.2 Å². The molecule has 0 saturated heterocycles. The van der Waals surface area contributed by atoms with Gasteiger partial charge in [-0.3, -0.25) is 4.79 Å². The number of carbonyl (C=O) groups excluding carboxylic acids is 2. The monoisotopic (exact) mass is 440 g/mol. The number of aliphatic hydroxyl groups excluding tert-OH is 1. The lowest BCUT2D eigenvalue weighted by atomic mass is 9.34. The lowest BCUT2D eigenvalue weighted by molar-refractivity contribution is -0.200. The van der Waals surface area contributed by atoms with Crippen molar-refractivity contribution in [1.82, 2.24) is 0 Å². The van der Waals surface area contributed by atoms with E-state index in [1.807, 2.05) is 6.92 Å². The average Bonchev–Trinajstić information content (AvgIpc) is 2.71. The van der Waals surface area contributed by atoms with E-state index in [9.17, 15) is 14.7 Å². The van der Waals surface area contributed by atoms with Crippen molar-refractivity contribution in [2.24, 2.45) is 50.7 Å². The van der Waals surface area contributed by atoms with Crippen molar-refractivity contribution in [2.45, 2.75) is 105 Å². The molecule has 5 aliphatic rings. The number of aldehydes is 1. The number of hydrogen-bond acceptors (Lipinski definition) is 3. The zero-order valence-electron chi connectivity index (χ0n) is 21.2. The molecule has 0 spiro atoms. The van der Waals surface area contributed by atoms with E-state index in [2.05, 4.69) is 40.7 Å². The maximum absolute atomic E-state index is 13.6. The van der Waals surface area contributed by atoms with Crippen molar-refractivity contribution in [3.63, 3.8) is 0 Å². The summed E-state index contributed by atoms with van der Waals surface area (Å²) in [5.74, 6) is 1.83. The van der Waals surface area contributed by atoms with E-state index in [4.69, 9.17) is 0 Å². The van der Waals surface area contributed by atoms with Crippen molar-refractivity contribution in [2.75, 3.05) is 0 Å². The highest BCUT2D eigenvalue weighted by Gasteiger charge is 2.68. The summed E-state index contributed by atoms with van der Waals surface area (Å²) in [6, 6.07) is 0. The van der Waals surface area contributed by atoms with Crippen molar-refractivity contribution in [3.8, 4) is 0 Å². The number of ketones is 1. The molecule has 0 aromatic rings. The Morgan fingerprint density at radius 1 is 0.938 bits per heavy atom. The van der Waals surface area contributed by atoms with Crippen LogP contribution in [0.5, 0.6) is 0 Å². The standard InChI is InChI=1S/C29H44O3/c1-25(2)12-9-18-19(15-25)20-7-8-23-26(3)13-11-24(32)27(4,17-30)22(26)10-14-28(23,5)29(20,6)16-21(18)31/h7,17-19,22-24,32H,8-16H2,1-6H3/t18-,19-,22-,23-,24+,26+,27+,28-,29-/m1/s1. The first kappa shape index (κ1) is 22.8. The van der Waals surface area contributed by atoms with E-state index in [1.54, 1.807) is 5.57 Å². The first-order valence-corrected chi connectivity index (χ1v) is 13.2. The molecule has 9 atom stereocenters. The highest BCUT2D eigenvalue weighted by atomic mass is 16.3.